The summed E-state index contributed by atoms with van der Waals surface area (Å²) in [6.45, 7) is 18.1. The van der Waals surface area contributed by atoms with E-state index in [9.17, 15) is 0 Å². The number of furan rings is 1. The molecule has 265 valence electrons. The van der Waals surface area contributed by atoms with Gasteiger partial charge in [0, 0.05) is 37.4 Å². The molecule has 4 nitrogen and oxygen atoms in total. The molecule has 8 rings (SSSR count). The largest absolute Gasteiger partial charge is 0.501 e. The Hall–Kier alpha value is -4.61. The van der Waals surface area contributed by atoms with Crippen molar-refractivity contribution in [3.8, 4) is 28.3 Å². The van der Waals surface area contributed by atoms with Crippen LogP contribution in [0.4, 0.5) is 0 Å². The number of hydrogen-bond donors (Lipinski definition) is 0. The number of aryl methyl sites for hydroxylation is 3. The number of aromatic nitrogens is 3. The van der Waals surface area contributed by atoms with Gasteiger partial charge in [-0.25, -0.2) is 0 Å². The molecule has 3 heterocycles. The SMILES string of the molecule is Cc1c[c-]c(-c2cc(CC(C)C)c([Si](C)(C)C)cn2)cc1.Cc1cccc(C)c1-n1c(-c2[c-]ccc3c2oc2ccccc23)nc2ccccc21.[Ir]. The van der Waals surface area contributed by atoms with E-state index in [-0.39, 0.29) is 20.1 Å². The van der Waals surface area contributed by atoms with Crippen LogP contribution in [0.25, 0.3) is 61.3 Å². The van der Waals surface area contributed by atoms with E-state index >= 15 is 0 Å². The summed E-state index contributed by atoms with van der Waals surface area (Å²) in [7, 11) is -1.35. The third-order valence-corrected chi connectivity index (χ3v) is 11.5. The van der Waals surface area contributed by atoms with Gasteiger partial charge in [0.05, 0.1) is 30.5 Å². The summed E-state index contributed by atoms with van der Waals surface area (Å²) in [6.07, 6.45) is 3.24. The fraction of sp³-hybridized carbons (Fsp3) is 0.217. The monoisotopic (exact) mass is 876 g/mol. The van der Waals surface area contributed by atoms with Gasteiger partial charge in [0.2, 0.25) is 0 Å². The van der Waals surface area contributed by atoms with Crippen LogP contribution in [-0.4, -0.2) is 22.6 Å². The number of nitrogens with zero attached hydrogens (tertiary/aromatic N) is 3. The molecule has 3 aromatic heterocycles. The van der Waals surface area contributed by atoms with Crippen LogP contribution in [0.15, 0.2) is 114 Å². The molecule has 52 heavy (non-hydrogen) atoms. The molecule has 5 aromatic carbocycles. The molecule has 1 radical (unpaired) electrons. The fourth-order valence-electron chi connectivity index (χ4n) is 7.03. The maximum Gasteiger partial charge on any atom is 0.120 e. The van der Waals surface area contributed by atoms with Gasteiger partial charge in [-0.3, -0.25) is 4.98 Å². The Morgan fingerprint density at radius 2 is 1.54 bits per heavy atom. The molecule has 0 bridgehead atoms. The predicted octanol–water partition coefficient (Wildman–Crippen LogP) is 11.6. The third-order valence-electron chi connectivity index (χ3n) is 9.46. The van der Waals surface area contributed by atoms with E-state index in [4.69, 9.17) is 14.4 Å². The number of rotatable bonds is 6. The van der Waals surface area contributed by atoms with Crippen LogP contribution in [0.5, 0.6) is 0 Å². The molecule has 8 aromatic rings. The van der Waals surface area contributed by atoms with Crippen LogP contribution in [-0.2, 0) is 26.5 Å². The van der Waals surface area contributed by atoms with Crippen molar-refractivity contribution in [2.24, 2.45) is 5.92 Å². The smallest absolute Gasteiger partial charge is 0.120 e. The van der Waals surface area contributed by atoms with Gasteiger partial charge in [0.1, 0.15) is 5.58 Å². The average molecular weight is 876 g/mol. The summed E-state index contributed by atoms with van der Waals surface area (Å²) >= 11 is 0. The van der Waals surface area contributed by atoms with E-state index in [0.29, 0.717) is 5.92 Å². The summed E-state index contributed by atoms with van der Waals surface area (Å²) in [4.78, 5) is 9.75. The minimum absolute atomic E-state index is 0. The van der Waals surface area contributed by atoms with Gasteiger partial charge >= 0.3 is 0 Å². The molecule has 6 heteroatoms. The van der Waals surface area contributed by atoms with Crippen molar-refractivity contribution in [2.45, 2.75) is 60.7 Å². The van der Waals surface area contributed by atoms with Crippen molar-refractivity contribution in [2.75, 3.05) is 0 Å². The Bertz CT molecular complexity index is 2480. The van der Waals surface area contributed by atoms with Crippen LogP contribution in [0.1, 0.15) is 36.1 Å². The average Bonchev–Trinajstić information content (AvgIpc) is 3.67. The van der Waals surface area contributed by atoms with Crippen molar-refractivity contribution < 1.29 is 24.5 Å². The van der Waals surface area contributed by atoms with Gasteiger partial charge in [0.25, 0.3) is 0 Å². The van der Waals surface area contributed by atoms with Crippen LogP contribution >= 0.6 is 0 Å². The number of benzene rings is 5. The zero-order chi connectivity index (χ0) is 35.9. The van der Waals surface area contributed by atoms with Gasteiger partial charge in [-0.1, -0.05) is 112 Å². The Morgan fingerprint density at radius 1 is 0.808 bits per heavy atom. The first-order valence-corrected chi connectivity index (χ1v) is 21.3. The Balaban J connectivity index is 0.000000187. The topological polar surface area (TPSA) is 43.9 Å². The Kier molecular flexibility index (Phi) is 10.8. The Morgan fingerprint density at radius 3 is 2.25 bits per heavy atom. The van der Waals surface area contributed by atoms with Gasteiger partial charge in [-0.2, -0.15) is 0 Å². The molecular weight excluding hydrogens is 831 g/mol. The van der Waals surface area contributed by atoms with Crippen LogP contribution in [0.2, 0.25) is 19.6 Å². The van der Waals surface area contributed by atoms with Gasteiger partial charge < -0.3 is 14.0 Å². The minimum atomic E-state index is -1.35. The second-order valence-corrected chi connectivity index (χ2v) is 20.1. The fourth-order valence-corrected chi connectivity index (χ4v) is 8.61. The maximum absolute atomic E-state index is 6.30. The molecule has 0 N–H and O–H groups in total. The summed E-state index contributed by atoms with van der Waals surface area (Å²) in [5.41, 5.74) is 13.0. The maximum atomic E-state index is 6.30. The van der Waals surface area contributed by atoms with Crippen molar-refractivity contribution >= 4 is 46.2 Å². The Labute approximate surface area is 322 Å². The first-order chi connectivity index (χ1) is 24.5. The van der Waals surface area contributed by atoms with Crippen molar-refractivity contribution in [3.63, 3.8) is 0 Å². The number of pyridine rings is 1. The van der Waals surface area contributed by atoms with Gasteiger partial charge in [0.15, 0.2) is 0 Å². The molecule has 0 saturated carbocycles. The molecule has 0 aliphatic heterocycles. The quantitative estimate of drug-likeness (QED) is 0.123. The zero-order valence-electron chi connectivity index (χ0n) is 31.3. The zero-order valence-corrected chi connectivity index (χ0v) is 34.7. The molecule has 0 fully saturated rings. The van der Waals surface area contributed by atoms with Crippen molar-refractivity contribution in [1.82, 2.24) is 14.5 Å². The van der Waals surface area contributed by atoms with Gasteiger partial charge in [-0.15, -0.1) is 53.6 Å². The van der Waals surface area contributed by atoms with Gasteiger partial charge in [-0.05, 0) is 66.4 Å². The molecule has 0 atom stereocenters. The summed E-state index contributed by atoms with van der Waals surface area (Å²) in [5.74, 6) is 1.51. The third kappa shape index (κ3) is 7.34. The second-order valence-electron chi connectivity index (χ2n) is 15.0. The summed E-state index contributed by atoms with van der Waals surface area (Å²) in [5, 5.41) is 3.68. The van der Waals surface area contributed by atoms with Crippen molar-refractivity contribution in [3.05, 3.63) is 144 Å². The molecule has 0 aliphatic carbocycles. The predicted molar refractivity (Wildman–Crippen MR) is 217 cm³/mol. The van der Waals surface area contributed by atoms with E-state index in [1.165, 1.54) is 27.4 Å². The molecule has 0 saturated heterocycles. The van der Waals surface area contributed by atoms with E-state index in [2.05, 4.69) is 144 Å². The number of para-hydroxylation sites is 4. The molecule has 0 amide bonds. The standard InChI is InChI=1S/C27H19N2O.C19H26NSi.Ir/c1-17-9-7-10-18(2)25(17)29-23-15-5-4-14-22(23)28-27(29)21-13-8-12-20-19-11-3-6-16-24(19)30-26(20)21;1-14(2)11-17-12-18(16-9-7-15(3)8-10-16)20-13-19(17)21(4,5)6;/h3-12,14-16H,1-2H3;7-9,12-14H,11H2,1-6H3;/q2*-1;. The van der Waals surface area contributed by atoms with E-state index < -0.39 is 8.07 Å². The van der Waals surface area contributed by atoms with Crippen LogP contribution in [0, 0.1) is 38.8 Å². The first kappa shape index (κ1) is 37.2. The summed E-state index contributed by atoms with van der Waals surface area (Å²) < 4.78 is 8.55. The van der Waals surface area contributed by atoms with E-state index in [0.717, 1.165) is 67.7 Å². The first-order valence-electron chi connectivity index (χ1n) is 17.8. The molecular formula is C46H45IrN3OSi-2. The number of fused-ring (bicyclic) bond motifs is 4. The molecule has 0 unspecified atom stereocenters. The van der Waals surface area contributed by atoms with Crippen molar-refractivity contribution in [1.29, 1.82) is 0 Å². The minimum Gasteiger partial charge on any atom is -0.501 e. The van der Waals surface area contributed by atoms with Crippen LogP contribution < -0.4 is 5.19 Å². The van der Waals surface area contributed by atoms with Crippen LogP contribution in [0.3, 0.4) is 0 Å². The van der Waals surface area contributed by atoms with E-state index in [1.54, 1.807) is 0 Å². The summed E-state index contributed by atoms with van der Waals surface area (Å²) in [6, 6.07) is 42.2. The molecule has 0 aliphatic rings. The van der Waals surface area contributed by atoms with E-state index in [1.807, 2.05) is 36.4 Å². The second kappa shape index (κ2) is 15.2. The number of hydrogen-bond acceptors (Lipinski definition) is 3. The number of imidazole rings is 1. The normalized spacial score (nSPS) is 11.6. The molecule has 0 spiro atoms.